The van der Waals surface area contributed by atoms with Gasteiger partial charge >= 0.3 is 5.97 Å². The van der Waals surface area contributed by atoms with Crippen molar-refractivity contribution in [2.45, 2.75) is 39.0 Å². The third-order valence-corrected chi connectivity index (χ3v) is 4.71. The van der Waals surface area contributed by atoms with Crippen LogP contribution in [0.5, 0.6) is 0 Å². The van der Waals surface area contributed by atoms with E-state index in [0.717, 1.165) is 25.7 Å². The molecule has 0 aromatic rings. The first kappa shape index (κ1) is 35.4. The largest absolute Gasteiger partial charge is 0.463 e. The fourth-order valence-corrected chi connectivity index (χ4v) is 2.79. The van der Waals surface area contributed by atoms with Gasteiger partial charge in [0.1, 0.15) is 6.61 Å². The molecule has 36 heavy (non-hydrogen) atoms. The van der Waals surface area contributed by atoms with Gasteiger partial charge in [0.25, 0.3) is 0 Å². The molecule has 0 bridgehead atoms. The van der Waals surface area contributed by atoms with E-state index in [1.807, 2.05) is 0 Å². The van der Waals surface area contributed by atoms with E-state index >= 15 is 0 Å². The van der Waals surface area contributed by atoms with Crippen molar-refractivity contribution in [3.8, 4) is 0 Å². The van der Waals surface area contributed by atoms with Gasteiger partial charge in [-0.3, -0.25) is 4.79 Å². The maximum atomic E-state index is 11.5. The highest BCUT2D eigenvalue weighted by atomic mass is 35.5. The van der Waals surface area contributed by atoms with Gasteiger partial charge in [0, 0.05) is 12.3 Å². The van der Waals surface area contributed by atoms with Gasteiger partial charge in [-0.1, -0.05) is 26.2 Å². The summed E-state index contributed by atoms with van der Waals surface area (Å²) in [4.78, 5) is 11.5. The summed E-state index contributed by atoms with van der Waals surface area (Å²) in [5.74, 6) is 0.348. The maximum absolute atomic E-state index is 11.5. The van der Waals surface area contributed by atoms with Gasteiger partial charge in [-0.05, 0) is 6.42 Å². The Kier molecular flexibility index (Phi) is 32.0. The molecule has 0 aliphatic rings. The van der Waals surface area contributed by atoms with E-state index in [1.165, 1.54) is 0 Å². The summed E-state index contributed by atoms with van der Waals surface area (Å²) < 4.78 is 48.2. The van der Waals surface area contributed by atoms with Gasteiger partial charge in [-0.2, -0.15) is 0 Å². The van der Waals surface area contributed by atoms with Crippen LogP contribution in [0.2, 0.25) is 0 Å². The molecule has 0 aromatic carbocycles. The van der Waals surface area contributed by atoms with Gasteiger partial charge in [0.05, 0.1) is 106 Å². The van der Waals surface area contributed by atoms with Crippen LogP contribution in [0.4, 0.5) is 0 Å². The van der Waals surface area contributed by atoms with Gasteiger partial charge < -0.3 is 42.6 Å². The second-order valence-electron chi connectivity index (χ2n) is 7.62. The maximum Gasteiger partial charge on any atom is 0.305 e. The second kappa shape index (κ2) is 32.5. The van der Waals surface area contributed by atoms with Crippen LogP contribution >= 0.6 is 11.6 Å². The summed E-state index contributed by atoms with van der Waals surface area (Å²) in [5, 5.41) is 0. The molecule has 0 aromatic heterocycles. The predicted octanol–water partition coefficient (Wildman–Crippen LogP) is 2.87. The van der Waals surface area contributed by atoms with Crippen LogP contribution in [0.15, 0.2) is 0 Å². The number of hydrogen-bond donors (Lipinski definition) is 0. The standard InChI is InChI=1S/C25H49ClO10/c1-2-3-4-5-6-25(27)36-24-23-35-22-21-34-20-19-33-18-17-32-16-15-31-14-13-30-12-11-29-10-9-28-8-7-26/h2-24H2,1H3. The first-order valence-electron chi connectivity index (χ1n) is 13.1. The highest BCUT2D eigenvalue weighted by Gasteiger charge is 2.02. The van der Waals surface area contributed by atoms with E-state index < -0.39 is 0 Å². The van der Waals surface area contributed by atoms with Gasteiger partial charge in [0.15, 0.2) is 0 Å². The number of carbonyl (C=O) groups is 1. The molecule has 216 valence electrons. The van der Waals surface area contributed by atoms with Crippen LogP contribution in [0.3, 0.4) is 0 Å². The molecule has 0 atom stereocenters. The number of halogens is 1. The molecule has 0 spiro atoms. The zero-order valence-electron chi connectivity index (χ0n) is 22.2. The summed E-state index contributed by atoms with van der Waals surface area (Å²) >= 11 is 5.50. The number of esters is 1. The minimum Gasteiger partial charge on any atom is -0.463 e. The van der Waals surface area contributed by atoms with Crippen molar-refractivity contribution in [2.24, 2.45) is 0 Å². The normalized spacial score (nSPS) is 11.3. The topological polar surface area (TPSA) is 100 Å². The predicted molar refractivity (Wildman–Crippen MR) is 137 cm³/mol. The van der Waals surface area contributed by atoms with Crippen LogP contribution in [0.25, 0.3) is 0 Å². The first-order valence-corrected chi connectivity index (χ1v) is 13.7. The smallest absolute Gasteiger partial charge is 0.305 e. The number of carbonyl (C=O) groups excluding carboxylic acids is 1. The monoisotopic (exact) mass is 544 g/mol. The highest BCUT2D eigenvalue weighted by molar-refractivity contribution is 6.17. The van der Waals surface area contributed by atoms with Crippen LogP contribution < -0.4 is 0 Å². The zero-order valence-corrected chi connectivity index (χ0v) is 23.0. The molecule has 0 aliphatic heterocycles. The summed E-state index contributed by atoms with van der Waals surface area (Å²) in [6.07, 6.45) is 4.78. The molecule has 0 heterocycles. The molecule has 0 rings (SSSR count). The van der Waals surface area contributed by atoms with Crippen molar-refractivity contribution in [3.63, 3.8) is 0 Å². The average Bonchev–Trinajstić information content (AvgIpc) is 2.88. The number of ether oxygens (including phenoxy) is 9. The molecule has 0 saturated heterocycles. The molecule has 0 saturated carbocycles. The lowest BCUT2D eigenvalue weighted by molar-refractivity contribution is -0.145. The van der Waals surface area contributed by atoms with Crippen molar-refractivity contribution < 1.29 is 47.4 Å². The van der Waals surface area contributed by atoms with E-state index in [1.54, 1.807) is 0 Å². The van der Waals surface area contributed by atoms with Crippen molar-refractivity contribution in [1.82, 2.24) is 0 Å². The fraction of sp³-hybridized carbons (Fsp3) is 0.960. The molecular weight excluding hydrogens is 496 g/mol. The van der Waals surface area contributed by atoms with E-state index in [0.29, 0.717) is 118 Å². The minimum atomic E-state index is -0.149. The minimum absolute atomic E-state index is 0.149. The number of hydrogen-bond acceptors (Lipinski definition) is 10. The third-order valence-electron chi connectivity index (χ3n) is 4.55. The van der Waals surface area contributed by atoms with Gasteiger partial charge in [0.2, 0.25) is 0 Å². The number of unbranched alkanes of at least 4 members (excludes halogenated alkanes) is 3. The van der Waals surface area contributed by atoms with Gasteiger partial charge in [-0.25, -0.2) is 0 Å². The third kappa shape index (κ3) is 31.5. The summed E-state index contributed by atoms with van der Waals surface area (Å²) in [6.45, 7) is 10.5. The quantitative estimate of drug-likeness (QED) is 0.0735. The molecule has 0 aliphatic carbocycles. The zero-order chi connectivity index (χ0) is 26.2. The Bertz CT molecular complexity index is 432. The SMILES string of the molecule is CCCCCCC(=O)OCCOCCOCCOCCOCCOCCOCCOCCOCCCl. The van der Waals surface area contributed by atoms with Crippen LogP contribution in [0.1, 0.15) is 39.0 Å². The molecular formula is C25H49ClO10. The molecule has 10 nitrogen and oxygen atoms in total. The van der Waals surface area contributed by atoms with Crippen LogP contribution in [-0.4, -0.2) is 124 Å². The lowest BCUT2D eigenvalue weighted by Gasteiger charge is -2.09. The fourth-order valence-electron chi connectivity index (χ4n) is 2.68. The van der Waals surface area contributed by atoms with Crippen molar-refractivity contribution in [3.05, 3.63) is 0 Å². The lowest BCUT2D eigenvalue weighted by atomic mass is 10.2. The number of rotatable bonds is 31. The van der Waals surface area contributed by atoms with Crippen molar-refractivity contribution in [2.75, 3.05) is 118 Å². The molecule has 0 fully saturated rings. The van der Waals surface area contributed by atoms with Crippen molar-refractivity contribution in [1.29, 1.82) is 0 Å². The molecule has 0 radical (unpaired) electrons. The first-order chi connectivity index (χ1) is 17.8. The molecule has 11 heteroatoms. The summed E-state index contributed by atoms with van der Waals surface area (Å²) in [7, 11) is 0. The van der Waals surface area contributed by atoms with Gasteiger partial charge in [-0.15, -0.1) is 11.6 Å². The van der Waals surface area contributed by atoms with Crippen molar-refractivity contribution >= 4 is 17.6 Å². The second-order valence-corrected chi connectivity index (χ2v) is 8.00. The Morgan fingerprint density at radius 2 is 0.806 bits per heavy atom. The summed E-state index contributed by atoms with van der Waals surface area (Å²) in [5.41, 5.74) is 0. The van der Waals surface area contributed by atoms with E-state index in [4.69, 9.17) is 54.2 Å². The van der Waals surface area contributed by atoms with Crippen LogP contribution in [0, 0.1) is 0 Å². The Hall–Kier alpha value is -0.560. The summed E-state index contributed by atoms with van der Waals surface area (Å²) in [6, 6.07) is 0. The number of alkyl halides is 1. The molecule has 0 unspecified atom stereocenters. The van der Waals surface area contributed by atoms with E-state index in [2.05, 4.69) is 6.92 Å². The lowest BCUT2D eigenvalue weighted by Crippen LogP contribution is -2.15. The average molecular weight is 545 g/mol. The van der Waals surface area contributed by atoms with E-state index in [-0.39, 0.29) is 12.6 Å². The van der Waals surface area contributed by atoms with Crippen LogP contribution in [-0.2, 0) is 47.4 Å². The Balaban J connectivity index is 3.07. The van der Waals surface area contributed by atoms with E-state index in [9.17, 15) is 4.79 Å². The highest BCUT2D eigenvalue weighted by Crippen LogP contribution is 2.03. The molecule has 0 N–H and O–H groups in total. The molecule has 0 amide bonds. The Labute approximate surface area is 222 Å². The Morgan fingerprint density at radius 3 is 1.14 bits per heavy atom. The Morgan fingerprint density at radius 1 is 0.472 bits per heavy atom.